The second-order valence-corrected chi connectivity index (χ2v) is 8.40. The molecule has 9 nitrogen and oxygen atoms in total. The Bertz CT molecular complexity index is 1090. The van der Waals surface area contributed by atoms with Crippen molar-refractivity contribution >= 4 is 5.91 Å². The van der Waals surface area contributed by atoms with E-state index < -0.39 is 0 Å². The fourth-order valence-corrected chi connectivity index (χ4v) is 3.59. The zero-order valence-corrected chi connectivity index (χ0v) is 18.1. The van der Waals surface area contributed by atoms with Crippen LogP contribution in [-0.2, 0) is 11.3 Å². The highest BCUT2D eigenvalue weighted by Gasteiger charge is 2.36. The van der Waals surface area contributed by atoms with Crippen molar-refractivity contribution in [2.45, 2.75) is 64.4 Å². The van der Waals surface area contributed by atoms with Crippen LogP contribution in [0.15, 0.2) is 35.0 Å². The molecule has 0 aromatic carbocycles. The first-order valence-electron chi connectivity index (χ1n) is 10.9. The van der Waals surface area contributed by atoms with Crippen LogP contribution >= 0.6 is 0 Å². The Morgan fingerprint density at radius 1 is 1.12 bits per heavy atom. The first kappa shape index (κ1) is 20.6. The maximum Gasteiger partial charge on any atom is 0.272 e. The minimum absolute atomic E-state index is 0.134. The molecule has 0 bridgehead atoms. The fourth-order valence-electron chi connectivity index (χ4n) is 3.59. The van der Waals surface area contributed by atoms with Crippen molar-refractivity contribution in [1.29, 1.82) is 0 Å². The molecule has 5 rings (SSSR count). The molecule has 1 amide bonds. The number of carbonyl (C=O) groups excluding carboxylic acids is 1. The number of carbonyl (C=O) groups is 1. The molecule has 166 valence electrons. The highest BCUT2D eigenvalue weighted by molar-refractivity contribution is 5.92. The Balaban J connectivity index is 1.16. The van der Waals surface area contributed by atoms with Crippen LogP contribution < -0.4 is 10.1 Å². The van der Waals surface area contributed by atoms with E-state index in [-0.39, 0.29) is 30.4 Å². The van der Waals surface area contributed by atoms with Gasteiger partial charge in [-0.2, -0.15) is 0 Å². The quantitative estimate of drug-likeness (QED) is 0.574. The molecule has 32 heavy (non-hydrogen) atoms. The summed E-state index contributed by atoms with van der Waals surface area (Å²) in [4.78, 5) is 16.7. The van der Waals surface area contributed by atoms with E-state index in [0.717, 1.165) is 29.7 Å². The van der Waals surface area contributed by atoms with Gasteiger partial charge < -0.3 is 19.3 Å². The molecule has 0 atom stereocenters. The van der Waals surface area contributed by atoms with E-state index in [2.05, 4.69) is 25.7 Å². The molecule has 3 aromatic heterocycles. The van der Waals surface area contributed by atoms with Crippen molar-refractivity contribution in [3.63, 3.8) is 0 Å². The summed E-state index contributed by atoms with van der Waals surface area (Å²) in [7, 11) is 0. The number of hydrogen-bond acceptors (Lipinski definition) is 8. The largest absolute Gasteiger partial charge is 0.472 e. The molecule has 0 aliphatic heterocycles. The van der Waals surface area contributed by atoms with Crippen LogP contribution in [0.5, 0.6) is 5.88 Å². The van der Waals surface area contributed by atoms with Crippen LogP contribution in [0.1, 0.15) is 53.2 Å². The number of nitrogens with zero attached hydrogens (tertiary/aromatic N) is 4. The van der Waals surface area contributed by atoms with E-state index in [1.807, 2.05) is 26.0 Å². The summed E-state index contributed by atoms with van der Waals surface area (Å²) in [6.07, 6.45) is 6.52. The molecule has 0 spiro atoms. The van der Waals surface area contributed by atoms with E-state index in [4.69, 9.17) is 14.0 Å². The van der Waals surface area contributed by atoms with Gasteiger partial charge in [-0.05, 0) is 57.7 Å². The predicted octanol–water partition coefficient (Wildman–Crippen LogP) is 3.16. The van der Waals surface area contributed by atoms with Crippen LogP contribution in [0.2, 0.25) is 0 Å². The van der Waals surface area contributed by atoms with Gasteiger partial charge in [-0.15, -0.1) is 10.2 Å². The van der Waals surface area contributed by atoms with Crippen molar-refractivity contribution in [2.75, 3.05) is 0 Å². The lowest BCUT2D eigenvalue weighted by Crippen LogP contribution is -2.48. The lowest BCUT2D eigenvalue weighted by molar-refractivity contribution is -0.0252. The minimum atomic E-state index is -0.233. The molecule has 3 aromatic rings. The molecule has 0 radical (unpaired) electrons. The Kier molecular flexibility index (Phi) is 5.57. The molecule has 9 heteroatoms. The average molecular weight is 435 g/mol. The molecule has 1 N–H and O–H groups in total. The number of nitrogens with one attached hydrogen (secondary N) is 1. The Labute approximate surface area is 185 Å². The summed E-state index contributed by atoms with van der Waals surface area (Å²) in [5.74, 6) is 0.744. The molecular weight excluding hydrogens is 410 g/mol. The van der Waals surface area contributed by atoms with Gasteiger partial charge in [0.05, 0.1) is 17.8 Å². The van der Waals surface area contributed by atoms with E-state index >= 15 is 0 Å². The molecular formula is C23H25N5O4. The van der Waals surface area contributed by atoms with E-state index in [9.17, 15) is 4.79 Å². The molecule has 2 saturated carbocycles. The second kappa shape index (κ2) is 8.66. The second-order valence-electron chi connectivity index (χ2n) is 8.40. The van der Waals surface area contributed by atoms with Crippen molar-refractivity contribution < 1.29 is 18.8 Å². The maximum atomic E-state index is 12.4. The molecule has 3 heterocycles. The third-order valence-electron chi connectivity index (χ3n) is 5.75. The van der Waals surface area contributed by atoms with Crippen molar-refractivity contribution in [3.8, 4) is 17.1 Å². The van der Waals surface area contributed by atoms with Gasteiger partial charge in [0.1, 0.15) is 18.1 Å². The SMILES string of the molecule is Cc1ccc(-c2noc(C)c2COc2ccc(C(=O)NC3CC(OC4CC4)C3)nn2)cn1. The molecule has 2 aliphatic carbocycles. The van der Waals surface area contributed by atoms with Crippen molar-refractivity contribution in [1.82, 2.24) is 25.7 Å². The zero-order valence-electron chi connectivity index (χ0n) is 18.1. The number of aryl methyl sites for hydroxylation is 2. The highest BCUT2D eigenvalue weighted by Crippen LogP contribution is 2.32. The molecule has 0 saturated heterocycles. The number of amides is 1. The topological polar surface area (TPSA) is 112 Å². The summed E-state index contributed by atoms with van der Waals surface area (Å²) >= 11 is 0. The number of hydrogen-bond donors (Lipinski definition) is 1. The average Bonchev–Trinajstić information content (AvgIpc) is 3.52. The number of rotatable bonds is 8. The summed E-state index contributed by atoms with van der Waals surface area (Å²) < 4.78 is 17.0. The van der Waals surface area contributed by atoms with Gasteiger partial charge in [0.15, 0.2) is 5.69 Å². The van der Waals surface area contributed by atoms with Crippen molar-refractivity contribution in [3.05, 3.63) is 53.2 Å². The predicted molar refractivity (Wildman–Crippen MR) is 114 cm³/mol. The van der Waals surface area contributed by atoms with E-state index in [0.29, 0.717) is 23.4 Å². The third kappa shape index (κ3) is 4.62. The minimum Gasteiger partial charge on any atom is -0.472 e. The van der Waals surface area contributed by atoms with Gasteiger partial charge >= 0.3 is 0 Å². The van der Waals surface area contributed by atoms with Crippen LogP contribution in [-0.4, -0.2) is 44.5 Å². The normalized spacial score (nSPS) is 19.9. The van der Waals surface area contributed by atoms with Crippen LogP contribution in [0.25, 0.3) is 11.3 Å². The van der Waals surface area contributed by atoms with Crippen LogP contribution in [0.4, 0.5) is 0 Å². The highest BCUT2D eigenvalue weighted by atomic mass is 16.5. The third-order valence-corrected chi connectivity index (χ3v) is 5.75. The zero-order chi connectivity index (χ0) is 22.1. The standard InChI is InChI=1S/C23H25N5O4/c1-13-3-4-15(11-24-13)22-19(14(2)32-28-22)12-30-21-8-7-20(26-27-21)23(29)25-16-9-18(10-16)31-17-5-6-17/h3-4,7-8,11,16-18H,5-6,9-10,12H2,1-2H3,(H,25,29). The van der Waals surface area contributed by atoms with Gasteiger partial charge in [0, 0.05) is 29.6 Å². The number of ether oxygens (including phenoxy) is 2. The monoisotopic (exact) mass is 435 g/mol. The Hall–Kier alpha value is -3.33. The van der Waals surface area contributed by atoms with Crippen molar-refractivity contribution in [2.24, 2.45) is 0 Å². The maximum absolute atomic E-state index is 12.4. The molecule has 2 aliphatic rings. The summed E-state index contributed by atoms with van der Waals surface area (Å²) in [5.41, 5.74) is 3.53. The Morgan fingerprint density at radius 2 is 1.97 bits per heavy atom. The number of pyridine rings is 1. The summed E-state index contributed by atoms with van der Waals surface area (Å²) in [5, 5.41) is 15.2. The summed E-state index contributed by atoms with van der Waals surface area (Å²) in [6, 6.07) is 7.24. The van der Waals surface area contributed by atoms with Gasteiger partial charge in [-0.3, -0.25) is 9.78 Å². The Morgan fingerprint density at radius 3 is 2.66 bits per heavy atom. The lowest BCUT2D eigenvalue weighted by Gasteiger charge is -2.35. The molecule has 2 fully saturated rings. The lowest BCUT2D eigenvalue weighted by atomic mass is 9.89. The smallest absolute Gasteiger partial charge is 0.272 e. The summed E-state index contributed by atoms with van der Waals surface area (Å²) in [6.45, 7) is 3.97. The molecule has 0 unspecified atom stereocenters. The number of aromatic nitrogens is 4. The van der Waals surface area contributed by atoms with Gasteiger partial charge in [0.25, 0.3) is 5.91 Å². The van der Waals surface area contributed by atoms with Gasteiger partial charge in [0.2, 0.25) is 5.88 Å². The van der Waals surface area contributed by atoms with E-state index in [1.165, 1.54) is 12.8 Å². The van der Waals surface area contributed by atoms with E-state index in [1.54, 1.807) is 18.3 Å². The first-order valence-corrected chi connectivity index (χ1v) is 10.9. The van der Waals surface area contributed by atoms with Gasteiger partial charge in [-0.25, -0.2) is 0 Å². The van der Waals surface area contributed by atoms with Gasteiger partial charge in [-0.1, -0.05) is 5.16 Å². The van der Waals surface area contributed by atoms with Crippen LogP contribution in [0.3, 0.4) is 0 Å². The van der Waals surface area contributed by atoms with Crippen LogP contribution in [0, 0.1) is 13.8 Å². The fraction of sp³-hybridized carbons (Fsp3) is 0.435. The first-order chi connectivity index (χ1) is 15.5.